The lowest BCUT2D eigenvalue weighted by atomic mass is 10.1. The Morgan fingerprint density at radius 3 is 2.29 bits per heavy atom. The van der Waals surface area contributed by atoms with Gasteiger partial charge >= 0.3 is 6.18 Å². The predicted molar refractivity (Wildman–Crippen MR) is 74.3 cm³/mol. The zero-order valence-corrected chi connectivity index (χ0v) is 12.9. The summed E-state index contributed by atoms with van der Waals surface area (Å²) in [5, 5.41) is 0. The van der Waals surface area contributed by atoms with Crippen LogP contribution in [0.3, 0.4) is 0 Å². The van der Waals surface area contributed by atoms with Crippen molar-refractivity contribution in [2.45, 2.75) is 37.9 Å². The molecule has 2 N–H and O–H groups in total. The van der Waals surface area contributed by atoms with Gasteiger partial charge in [-0.3, -0.25) is 0 Å². The number of alkyl halides is 3. The lowest BCUT2D eigenvalue weighted by Gasteiger charge is -2.26. The van der Waals surface area contributed by atoms with Crippen LogP contribution in [0.4, 0.5) is 13.2 Å². The first-order valence-electron chi connectivity index (χ1n) is 6.42. The summed E-state index contributed by atoms with van der Waals surface area (Å²) in [7, 11) is -4.02. The molecule has 4 nitrogen and oxygen atoms in total. The third-order valence-corrected chi connectivity index (χ3v) is 5.32. The van der Waals surface area contributed by atoms with Gasteiger partial charge in [-0.2, -0.15) is 17.5 Å². The Morgan fingerprint density at radius 1 is 1.29 bits per heavy atom. The first kappa shape index (κ1) is 17.9. The molecule has 1 aromatic carbocycles. The molecule has 0 aromatic heterocycles. The van der Waals surface area contributed by atoms with Crippen molar-refractivity contribution < 1.29 is 21.6 Å². The molecule has 0 amide bonds. The third kappa shape index (κ3) is 3.75. The highest BCUT2D eigenvalue weighted by Gasteiger charge is 2.36. The fourth-order valence-corrected chi connectivity index (χ4v) is 4.01. The molecular weight excluding hydrogens is 305 g/mol. The van der Waals surface area contributed by atoms with Crippen LogP contribution in [0.15, 0.2) is 23.1 Å². The van der Waals surface area contributed by atoms with E-state index >= 15 is 0 Å². The minimum Gasteiger partial charge on any atom is -0.329 e. The molecule has 0 heterocycles. The highest BCUT2D eigenvalue weighted by Crippen LogP contribution is 2.35. The van der Waals surface area contributed by atoms with E-state index in [1.807, 2.05) is 0 Å². The topological polar surface area (TPSA) is 63.4 Å². The Kier molecular flexibility index (Phi) is 5.40. The predicted octanol–water partition coefficient (Wildman–Crippen LogP) is 2.37. The first-order valence-corrected chi connectivity index (χ1v) is 7.86. The van der Waals surface area contributed by atoms with Gasteiger partial charge in [0.2, 0.25) is 10.0 Å². The number of benzene rings is 1. The smallest absolute Gasteiger partial charge is 0.329 e. The molecule has 0 unspecified atom stereocenters. The van der Waals surface area contributed by atoms with Crippen LogP contribution >= 0.6 is 0 Å². The average Bonchev–Trinajstić information content (AvgIpc) is 2.33. The maximum atomic E-state index is 12.9. The van der Waals surface area contributed by atoms with Crippen LogP contribution < -0.4 is 5.73 Å². The Hall–Kier alpha value is -1.12. The summed E-state index contributed by atoms with van der Waals surface area (Å²) in [4.78, 5) is -0.334. The molecule has 0 aliphatic carbocycles. The van der Waals surface area contributed by atoms with E-state index in [0.29, 0.717) is 0 Å². The molecule has 0 aliphatic rings. The molecule has 1 rings (SSSR count). The number of nitrogens with zero attached hydrogens (tertiary/aromatic N) is 1. The van der Waals surface area contributed by atoms with Crippen molar-refractivity contribution in [2.24, 2.45) is 5.73 Å². The largest absolute Gasteiger partial charge is 0.416 e. The molecule has 120 valence electrons. The molecule has 0 atom stereocenters. The number of hydrogen-bond acceptors (Lipinski definition) is 3. The molecule has 8 heteroatoms. The summed E-state index contributed by atoms with van der Waals surface area (Å²) in [6.45, 7) is 4.61. The van der Waals surface area contributed by atoms with Crippen molar-refractivity contribution >= 4 is 10.0 Å². The third-order valence-electron chi connectivity index (χ3n) is 3.10. The Bertz CT molecular complexity index is 598. The van der Waals surface area contributed by atoms with E-state index in [1.54, 1.807) is 13.8 Å². The Morgan fingerprint density at radius 2 is 1.86 bits per heavy atom. The van der Waals surface area contributed by atoms with E-state index in [4.69, 9.17) is 5.73 Å². The summed E-state index contributed by atoms with van der Waals surface area (Å²) in [6.07, 6.45) is -4.59. The van der Waals surface area contributed by atoms with E-state index in [9.17, 15) is 21.6 Å². The molecule has 0 saturated heterocycles. The van der Waals surface area contributed by atoms with Gasteiger partial charge in [0, 0.05) is 19.1 Å². The van der Waals surface area contributed by atoms with Crippen molar-refractivity contribution in [1.82, 2.24) is 4.31 Å². The molecule has 21 heavy (non-hydrogen) atoms. The van der Waals surface area contributed by atoms with Crippen LogP contribution in [0, 0.1) is 6.92 Å². The van der Waals surface area contributed by atoms with Crippen molar-refractivity contribution in [1.29, 1.82) is 0 Å². The second-order valence-corrected chi connectivity index (χ2v) is 6.78. The molecule has 0 bridgehead atoms. The maximum absolute atomic E-state index is 12.9. The molecule has 0 aliphatic heterocycles. The molecule has 1 aromatic rings. The fraction of sp³-hybridized carbons (Fsp3) is 0.538. The van der Waals surface area contributed by atoms with Gasteiger partial charge in [-0.05, 0) is 38.5 Å². The molecule has 0 fully saturated rings. The molecule has 0 radical (unpaired) electrons. The second-order valence-electron chi connectivity index (χ2n) is 4.92. The fourth-order valence-electron chi connectivity index (χ4n) is 2.11. The summed E-state index contributed by atoms with van der Waals surface area (Å²) in [5.41, 5.74) is 4.15. The van der Waals surface area contributed by atoms with Crippen LogP contribution in [0.1, 0.15) is 25.0 Å². The maximum Gasteiger partial charge on any atom is 0.416 e. The summed E-state index contributed by atoms with van der Waals surface area (Å²) in [6, 6.07) is 2.76. The number of halogens is 3. The lowest BCUT2D eigenvalue weighted by Crippen LogP contribution is -2.40. The average molecular weight is 324 g/mol. The van der Waals surface area contributed by atoms with Gasteiger partial charge in [0.25, 0.3) is 0 Å². The van der Waals surface area contributed by atoms with Crippen LogP contribution in [-0.2, 0) is 16.2 Å². The van der Waals surface area contributed by atoms with E-state index in [0.717, 1.165) is 23.4 Å². The quantitative estimate of drug-likeness (QED) is 0.904. The van der Waals surface area contributed by atoms with Crippen molar-refractivity contribution in [3.63, 3.8) is 0 Å². The minimum atomic E-state index is -4.59. The zero-order valence-electron chi connectivity index (χ0n) is 12.1. The van der Waals surface area contributed by atoms with Crippen LogP contribution in [0.5, 0.6) is 0 Å². The first-order chi connectivity index (χ1) is 9.53. The van der Waals surface area contributed by atoms with Crippen molar-refractivity contribution in [3.05, 3.63) is 29.3 Å². The van der Waals surface area contributed by atoms with E-state index in [-0.39, 0.29) is 23.5 Å². The summed E-state index contributed by atoms with van der Waals surface area (Å²) in [5.74, 6) is 0. The summed E-state index contributed by atoms with van der Waals surface area (Å²) < 4.78 is 64.9. The highest BCUT2D eigenvalue weighted by atomic mass is 32.2. The highest BCUT2D eigenvalue weighted by molar-refractivity contribution is 7.89. The van der Waals surface area contributed by atoms with E-state index < -0.39 is 27.8 Å². The van der Waals surface area contributed by atoms with Crippen LogP contribution in [0.2, 0.25) is 0 Å². The van der Waals surface area contributed by atoms with Gasteiger partial charge in [0.05, 0.1) is 10.5 Å². The van der Waals surface area contributed by atoms with E-state index in [1.165, 1.54) is 6.07 Å². The van der Waals surface area contributed by atoms with Gasteiger partial charge in [0.1, 0.15) is 0 Å². The second kappa shape index (κ2) is 6.33. The molecule has 0 saturated carbocycles. The van der Waals surface area contributed by atoms with Crippen molar-refractivity contribution in [3.8, 4) is 0 Å². The molecular formula is C13H19F3N2O2S. The minimum absolute atomic E-state index is 0.0513. The van der Waals surface area contributed by atoms with Gasteiger partial charge in [-0.15, -0.1) is 0 Å². The SMILES string of the molecule is Cc1c(C(F)(F)F)cccc1S(=O)(=O)N(CCN)C(C)C. The standard InChI is InChI=1S/C13H19F3N2O2S/c1-9(2)18(8-7-17)21(19,20)12-6-4-5-11(10(12)3)13(14,15)16/h4-6,9H,7-8,17H2,1-3H3. The monoisotopic (exact) mass is 324 g/mol. The van der Waals surface area contributed by atoms with Crippen LogP contribution in [0.25, 0.3) is 0 Å². The van der Waals surface area contributed by atoms with Gasteiger partial charge in [-0.1, -0.05) is 6.07 Å². The normalized spacial score (nSPS) is 13.2. The lowest BCUT2D eigenvalue weighted by molar-refractivity contribution is -0.138. The van der Waals surface area contributed by atoms with Crippen molar-refractivity contribution in [2.75, 3.05) is 13.1 Å². The van der Waals surface area contributed by atoms with Crippen LogP contribution in [-0.4, -0.2) is 31.9 Å². The number of rotatable bonds is 5. The van der Waals surface area contributed by atoms with E-state index in [2.05, 4.69) is 0 Å². The van der Waals surface area contributed by atoms with Gasteiger partial charge in [-0.25, -0.2) is 8.42 Å². The number of hydrogen-bond donors (Lipinski definition) is 1. The Labute approximate surface area is 122 Å². The summed E-state index contributed by atoms with van der Waals surface area (Å²) >= 11 is 0. The Balaban J connectivity index is 3.45. The molecule has 0 spiro atoms. The van der Waals surface area contributed by atoms with Gasteiger partial charge in [0.15, 0.2) is 0 Å². The number of nitrogens with two attached hydrogens (primary N) is 1. The van der Waals surface area contributed by atoms with Gasteiger partial charge < -0.3 is 5.73 Å². The zero-order chi connectivity index (χ0) is 16.4. The number of sulfonamides is 1.